The molecule has 0 unspecified atom stereocenters. The molecule has 0 bridgehead atoms. The number of carbonyl (C=O) groups excluding carboxylic acids is 6. The largest absolute Gasteiger partial charge is 0.459 e. The quantitative estimate of drug-likeness (QED) is 0.221. The predicted octanol–water partition coefficient (Wildman–Crippen LogP) is 3.85. The zero-order valence-electron chi connectivity index (χ0n) is 32.6. The van der Waals surface area contributed by atoms with E-state index in [0.717, 1.165) is 27.7 Å². The minimum atomic E-state index is -2.38. The van der Waals surface area contributed by atoms with Crippen LogP contribution in [0.3, 0.4) is 0 Å². The van der Waals surface area contributed by atoms with Crippen molar-refractivity contribution >= 4 is 35.8 Å². The SMILES string of the molecule is C=C1[C@H](OC(C)=O)[C@@H](O)[C@@H](OC(=O)c2cccnc2)C(C)(C)C=C[C@H](C)[C@H](OC(C)=O)[C@@]2(O)C[C@@](C)(OC(C)=O)[C@H](OC(=O)c3ccccc3)[C@@H]2[C@H]1OC(C)=O. The van der Waals surface area contributed by atoms with Crippen molar-refractivity contribution in [3.05, 3.63) is 90.3 Å². The van der Waals surface area contributed by atoms with Crippen LogP contribution in [0.4, 0.5) is 0 Å². The highest BCUT2D eigenvalue weighted by molar-refractivity contribution is 5.90. The number of hydrogen-bond donors (Lipinski definition) is 2. The predicted molar refractivity (Wildman–Crippen MR) is 196 cm³/mol. The molecule has 0 amide bonds. The van der Waals surface area contributed by atoms with Crippen molar-refractivity contribution in [2.24, 2.45) is 17.3 Å². The van der Waals surface area contributed by atoms with Gasteiger partial charge in [-0.15, -0.1) is 0 Å². The van der Waals surface area contributed by atoms with Crippen LogP contribution in [0, 0.1) is 17.3 Å². The molecule has 15 nitrogen and oxygen atoms in total. The topological polar surface area (TPSA) is 211 Å². The van der Waals surface area contributed by atoms with Crippen molar-refractivity contribution in [2.75, 3.05) is 0 Å². The number of esters is 6. The Hall–Kier alpha value is -5.41. The molecule has 2 aliphatic rings. The Morgan fingerprint density at radius 2 is 1.29 bits per heavy atom. The molecule has 302 valence electrons. The molecule has 0 aliphatic heterocycles. The lowest BCUT2D eigenvalue weighted by Gasteiger charge is -2.45. The number of hydrogen-bond acceptors (Lipinski definition) is 15. The maximum atomic E-state index is 13.8. The van der Waals surface area contributed by atoms with Gasteiger partial charge in [0.2, 0.25) is 0 Å². The van der Waals surface area contributed by atoms with Crippen LogP contribution in [0.5, 0.6) is 0 Å². The van der Waals surface area contributed by atoms with Crippen molar-refractivity contribution in [1.29, 1.82) is 0 Å². The number of carbonyl (C=O) groups is 6. The second-order valence-corrected chi connectivity index (χ2v) is 15.1. The first-order valence-corrected chi connectivity index (χ1v) is 18.0. The number of benzene rings is 1. The lowest BCUT2D eigenvalue weighted by Crippen LogP contribution is -2.59. The van der Waals surface area contributed by atoms with Crippen molar-refractivity contribution in [1.82, 2.24) is 4.98 Å². The van der Waals surface area contributed by atoms with E-state index in [-0.39, 0.29) is 16.7 Å². The summed E-state index contributed by atoms with van der Waals surface area (Å²) in [6, 6.07) is 10.7. The van der Waals surface area contributed by atoms with Crippen LogP contribution < -0.4 is 0 Å². The molecule has 1 aromatic carbocycles. The molecule has 1 heterocycles. The van der Waals surface area contributed by atoms with Crippen molar-refractivity contribution in [3.8, 4) is 0 Å². The highest BCUT2D eigenvalue weighted by Crippen LogP contribution is 2.54. The number of nitrogens with zero attached hydrogens (tertiary/aromatic N) is 1. The van der Waals surface area contributed by atoms with Crippen LogP contribution >= 0.6 is 0 Å². The van der Waals surface area contributed by atoms with Gasteiger partial charge in [-0.2, -0.15) is 0 Å². The minimum absolute atomic E-state index is 0.0402. The Morgan fingerprint density at radius 3 is 1.84 bits per heavy atom. The Kier molecular flexibility index (Phi) is 13.3. The van der Waals surface area contributed by atoms with E-state index in [0.29, 0.717) is 0 Å². The monoisotopic (exact) mass is 779 g/mol. The number of rotatable bonds is 8. The third-order valence-electron chi connectivity index (χ3n) is 9.98. The van der Waals surface area contributed by atoms with Gasteiger partial charge in [0.1, 0.15) is 35.6 Å². The molecular formula is C41H49NO14. The number of fused-ring (bicyclic) bond motifs is 1. The zero-order chi connectivity index (χ0) is 41.7. The van der Waals surface area contributed by atoms with Gasteiger partial charge < -0.3 is 38.6 Å². The van der Waals surface area contributed by atoms with Gasteiger partial charge in [0.25, 0.3) is 0 Å². The smallest absolute Gasteiger partial charge is 0.340 e. The zero-order valence-corrected chi connectivity index (χ0v) is 32.6. The first-order valence-electron chi connectivity index (χ1n) is 18.0. The maximum absolute atomic E-state index is 13.8. The van der Waals surface area contributed by atoms with E-state index >= 15 is 0 Å². The molecule has 2 aliphatic carbocycles. The summed E-state index contributed by atoms with van der Waals surface area (Å²) in [5.41, 5.74) is -5.82. The normalized spacial score (nSPS) is 31.3. The number of aliphatic hydroxyl groups excluding tert-OH is 1. The molecule has 10 atom stereocenters. The van der Waals surface area contributed by atoms with E-state index < -0.39 is 107 Å². The standard InChI is InChI=1S/C41H49NO14/c1-22-17-18-39(7,8)36(55-38(49)29-16-13-19-42-20-29)31(47)33(52-25(4)44)23(2)32(51-24(3)43)30-35(54-37(48)28-14-11-10-12-15-28)40(9,56-27(6)46)21-41(30,50)34(22)53-26(5)45/h10-20,22,30-36,47,50H,2,21H2,1,3-9H3/t22-,30-,31+,32-,33-,34-,35+,36+,40+,41+/m0/s1. The molecule has 56 heavy (non-hydrogen) atoms. The van der Waals surface area contributed by atoms with Crippen LogP contribution in [0.25, 0.3) is 0 Å². The fraction of sp³-hybridized carbons (Fsp3) is 0.488. The lowest BCUT2D eigenvalue weighted by molar-refractivity contribution is -0.193. The first-order chi connectivity index (χ1) is 26.1. The van der Waals surface area contributed by atoms with Crippen molar-refractivity contribution in [2.45, 2.75) is 110 Å². The van der Waals surface area contributed by atoms with Gasteiger partial charge in [0.15, 0.2) is 12.2 Å². The van der Waals surface area contributed by atoms with Gasteiger partial charge in [0.05, 0.1) is 17.0 Å². The molecule has 0 radical (unpaired) electrons. The number of pyridine rings is 1. The van der Waals surface area contributed by atoms with Gasteiger partial charge in [-0.05, 0) is 31.2 Å². The molecule has 1 saturated carbocycles. The average molecular weight is 780 g/mol. The van der Waals surface area contributed by atoms with Crippen LogP contribution in [0.15, 0.2) is 79.2 Å². The highest BCUT2D eigenvalue weighted by Gasteiger charge is 2.70. The summed E-state index contributed by atoms with van der Waals surface area (Å²) in [5, 5.41) is 25.4. The summed E-state index contributed by atoms with van der Waals surface area (Å²) in [6.07, 6.45) is -5.06. The Bertz CT molecular complexity index is 1840. The summed E-state index contributed by atoms with van der Waals surface area (Å²) in [7, 11) is 0. The van der Waals surface area contributed by atoms with Gasteiger partial charge in [-0.25, -0.2) is 9.59 Å². The number of ether oxygens (including phenoxy) is 6. The Morgan fingerprint density at radius 1 is 0.732 bits per heavy atom. The summed E-state index contributed by atoms with van der Waals surface area (Å²) < 4.78 is 35.3. The third kappa shape index (κ3) is 9.51. The fourth-order valence-corrected chi connectivity index (χ4v) is 7.70. The number of aromatic nitrogens is 1. The molecular weight excluding hydrogens is 730 g/mol. The highest BCUT2D eigenvalue weighted by atomic mass is 16.6. The van der Waals surface area contributed by atoms with Crippen LogP contribution in [0.1, 0.15) is 82.5 Å². The summed E-state index contributed by atoms with van der Waals surface area (Å²) in [5.74, 6) is -7.97. The molecule has 0 spiro atoms. The van der Waals surface area contributed by atoms with Crippen molar-refractivity contribution < 1.29 is 67.4 Å². The average Bonchev–Trinajstić information content (AvgIpc) is 3.33. The molecule has 2 aromatic rings. The molecule has 2 N–H and O–H groups in total. The molecule has 1 fully saturated rings. The van der Waals surface area contributed by atoms with Crippen LogP contribution in [-0.4, -0.2) is 98.8 Å². The van der Waals surface area contributed by atoms with Gasteiger partial charge in [0, 0.05) is 63.4 Å². The second-order valence-electron chi connectivity index (χ2n) is 15.1. The van der Waals surface area contributed by atoms with E-state index in [4.69, 9.17) is 28.4 Å². The summed E-state index contributed by atoms with van der Waals surface area (Å²) in [6.45, 7) is 14.7. The Labute approximate surface area is 325 Å². The molecule has 0 saturated heterocycles. The molecule has 1 aromatic heterocycles. The first kappa shape index (κ1) is 43.3. The minimum Gasteiger partial charge on any atom is -0.459 e. The molecule has 4 rings (SSSR count). The molecule has 15 heteroatoms. The lowest BCUT2D eigenvalue weighted by atomic mass is 9.71. The van der Waals surface area contributed by atoms with Crippen LogP contribution in [0.2, 0.25) is 0 Å². The van der Waals surface area contributed by atoms with Gasteiger partial charge in [-0.3, -0.25) is 24.2 Å². The van der Waals surface area contributed by atoms with E-state index in [1.165, 1.54) is 43.6 Å². The maximum Gasteiger partial charge on any atom is 0.340 e. The van der Waals surface area contributed by atoms with E-state index in [9.17, 15) is 39.0 Å². The fourth-order valence-electron chi connectivity index (χ4n) is 7.70. The summed E-state index contributed by atoms with van der Waals surface area (Å²) in [4.78, 5) is 82.7. The Balaban J connectivity index is 2.06. The third-order valence-corrected chi connectivity index (χ3v) is 9.98. The van der Waals surface area contributed by atoms with Gasteiger partial charge >= 0.3 is 35.8 Å². The number of aliphatic hydroxyl groups is 2. The van der Waals surface area contributed by atoms with Crippen LogP contribution in [-0.2, 0) is 47.6 Å². The van der Waals surface area contributed by atoms with Gasteiger partial charge in [-0.1, -0.05) is 57.7 Å². The van der Waals surface area contributed by atoms with E-state index in [1.54, 1.807) is 51.1 Å². The second kappa shape index (κ2) is 17.2. The van der Waals surface area contributed by atoms with E-state index in [2.05, 4.69) is 11.6 Å². The van der Waals surface area contributed by atoms with Crippen molar-refractivity contribution in [3.63, 3.8) is 0 Å². The summed E-state index contributed by atoms with van der Waals surface area (Å²) >= 11 is 0. The van der Waals surface area contributed by atoms with E-state index in [1.807, 2.05) is 0 Å².